The normalized spacial score (nSPS) is 18.6. The van der Waals surface area contributed by atoms with E-state index in [1.54, 1.807) is 27.7 Å². The van der Waals surface area contributed by atoms with Gasteiger partial charge >= 0.3 is 12.1 Å². The SMILES string of the molecule is C[C@H](C(=O)N1C(=O)OC[C@@H]1Cc1ccccc1)[C@H](O)CCCCOC(=O)C(C)(C)C. The molecule has 1 aromatic rings. The van der Waals surface area contributed by atoms with Crippen LogP contribution in [0.4, 0.5) is 4.79 Å². The van der Waals surface area contributed by atoms with Crippen molar-refractivity contribution in [3.05, 3.63) is 35.9 Å². The third-order valence-corrected chi connectivity index (χ3v) is 5.22. The molecule has 166 valence electrons. The van der Waals surface area contributed by atoms with Gasteiger partial charge in [0.05, 0.1) is 30.1 Å². The van der Waals surface area contributed by atoms with Crippen LogP contribution < -0.4 is 0 Å². The van der Waals surface area contributed by atoms with Crippen molar-refractivity contribution in [2.75, 3.05) is 13.2 Å². The van der Waals surface area contributed by atoms with E-state index in [1.807, 2.05) is 30.3 Å². The second kappa shape index (κ2) is 10.6. The van der Waals surface area contributed by atoms with E-state index in [1.165, 1.54) is 0 Å². The summed E-state index contributed by atoms with van der Waals surface area (Å²) in [6.45, 7) is 7.43. The molecular weight excluding hydrogens is 386 g/mol. The average molecular weight is 420 g/mol. The summed E-state index contributed by atoms with van der Waals surface area (Å²) in [5.41, 5.74) is 0.470. The molecule has 1 saturated heterocycles. The third-order valence-electron chi connectivity index (χ3n) is 5.22. The van der Waals surface area contributed by atoms with Crippen molar-refractivity contribution >= 4 is 18.0 Å². The molecule has 0 aromatic heterocycles. The van der Waals surface area contributed by atoms with Gasteiger partial charge in [-0.15, -0.1) is 0 Å². The number of carbonyl (C=O) groups excluding carboxylic acids is 3. The minimum Gasteiger partial charge on any atom is -0.465 e. The Labute approximate surface area is 178 Å². The highest BCUT2D eigenvalue weighted by Gasteiger charge is 2.41. The number of aliphatic hydroxyl groups excluding tert-OH is 1. The molecule has 0 radical (unpaired) electrons. The molecule has 7 nitrogen and oxygen atoms in total. The van der Waals surface area contributed by atoms with Crippen LogP contribution in [0, 0.1) is 11.3 Å². The van der Waals surface area contributed by atoms with Crippen molar-refractivity contribution in [2.45, 2.75) is 65.5 Å². The van der Waals surface area contributed by atoms with Crippen molar-refractivity contribution in [2.24, 2.45) is 11.3 Å². The van der Waals surface area contributed by atoms with Gasteiger partial charge in [-0.2, -0.15) is 0 Å². The molecule has 1 heterocycles. The molecular formula is C23H33NO6. The van der Waals surface area contributed by atoms with E-state index in [4.69, 9.17) is 9.47 Å². The highest BCUT2D eigenvalue weighted by molar-refractivity contribution is 5.95. The molecule has 0 bridgehead atoms. The van der Waals surface area contributed by atoms with Crippen molar-refractivity contribution < 1.29 is 29.0 Å². The van der Waals surface area contributed by atoms with Gasteiger partial charge in [0.15, 0.2) is 0 Å². The monoisotopic (exact) mass is 419 g/mol. The Balaban J connectivity index is 1.82. The lowest BCUT2D eigenvalue weighted by molar-refractivity contribution is -0.153. The van der Waals surface area contributed by atoms with E-state index in [9.17, 15) is 19.5 Å². The molecule has 1 aliphatic rings. The molecule has 0 aliphatic carbocycles. The lowest BCUT2D eigenvalue weighted by atomic mass is 9.96. The van der Waals surface area contributed by atoms with Crippen molar-refractivity contribution in [3.63, 3.8) is 0 Å². The molecule has 30 heavy (non-hydrogen) atoms. The number of carbonyl (C=O) groups is 3. The van der Waals surface area contributed by atoms with Crippen LogP contribution >= 0.6 is 0 Å². The summed E-state index contributed by atoms with van der Waals surface area (Å²) in [4.78, 5) is 37.9. The van der Waals surface area contributed by atoms with Crippen LogP contribution in [0.15, 0.2) is 30.3 Å². The van der Waals surface area contributed by atoms with Crippen LogP contribution in [-0.4, -0.2) is 53.3 Å². The molecule has 1 fully saturated rings. The number of imide groups is 1. The zero-order valence-corrected chi connectivity index (χ0v) is 18.3. The maximum Gasteiger partial charge on any atom is 0.416 e. The first-order valence-electron chi connectivity index (χ1n) is 10.5. The second-order valence-corrected chi connectivity index (χ2v) is 8.87. The van der Waals surface area contributed by atoms with Crippen LogP contribution in [0.5, 0.6) is 0 Å². The van der Waals surface area contributed by atoms with E-state index >= 15 is 0 Å². The number of hydrogen-bond donors (Lipinski definition) is 1. The van der Waals surface area contributed by atoms with Gasteiger partial charge in [-0.05, 0) is 52.0 Å². The molecule has 7 heteroatoms. The zero-order chi connectivity index (χ0) is 22.3. The quantitative estimate of drug-likeness (QED) is 0.487. The number of aliphatic hydroxyl groups is 1. The van der Waals surface area contributed by atoms with Crippen LogP contribution in [0.2, 0.25) is 0 Å². The maximum absolute atomic E-state index is 12.9. The Hall–Kier alpha value is -2.41. The number of amides is 2. The lowest BCUT2D eigenvalue weighted by Crippen LogP contribution is -2.45. The van der Waals surface area contributed by atoms with Gasteiger partial charge in [0.1, 0.15) is 6.61 Å². The van der Waals surface area contributed by atoms with Gasteiger partial charge in [-0.1, -0.05) is 37.3 Å². The fraction of sp³-hybridized carbons (Fsp3) is 0.609. The number of ether oxygens (including phenoxy) is 2. The molecule has 0 saturated carbocycles. The maximum atomic E-state index is 12.9. The first-order chi connectivity index (χ1) is 14.1. The Morgan fingerprint density at radius 1 is 1.23 bits per heavy atom. The van der Waals surface area contributed by atoms with Crippen LogP contribution in [0.1, 0.15) is 52.5 Å². The van der Waals surface area contributed by atoms with Crippen molar-refractivity contribution in [3.8, 4) is 0 Å². The fourth-order valence-corrected chi connectivity index (χ4v) is 3.24. The van der Waals surface area contributed by atoms with Gasteiger partial charge in [0, 0.05) is 0 Å². The summed E-state index contributed by atoms with van der Waals surface area (Å²) in [5, 5.41) is 10.4. The third kappa shape index (κ3) is 6.55. The van der Waals surface area contributed by atoms with Crippen molar-refractivity contribution in [1.29, 1.82) is 0 Å². The van der Waals surface area contributed by atoms with E-state index in [0.717, 1.165) is 10.5 Å². The van der Waals surface area contributed by atoms with E-state index in [2.05, 4.69) is 0 Å². The number of cyclic esters (lactones) is 1. The predicted octanol–water partition coefficient (Wildman–Crippen LogP) is 3.33. The van der Waals surface area contributed by atoms with E-state index in [0.29, 0.717) is 25.7 Å². The predicted molar refractivity (Wildman–Crippen MR) is 112 cm³/mol. The molecule has 2 rings (SSSR count). The van der Waals surface area contributed by atoms with E-state index < -0.39 is 29.4 Å². The van der Waals surface area contributed by atoms with Crippen molar-refractivity contribution in [1.82, 2.24) is 4.90 Å². The minimum absolute atomic E-state index is 0.154. The summed E-state index contributed by atoms with van der Waals surface area (Å²) in [6, 6.07) is 9.23. The largest absolute Gasteiger partial charge is 0.465 e. The molecule has 1 aromatic carbocycles. The minimum atomic E-state index is -0.887. The molecule has 1 N–H and O–H groups in total. The first kappa shape index (κ1) is 23.9. The average Bonchev–Trinajstić information content (AvgIpc) is 3.06. The molecule has 0 spiro atoms. The summed E-state index contributed by atoms with van der Waals surface area (Å²) in [6.07, 6.45) is 0.554. The Kier molecular flexibility index (Phi) is 8.41. The summed E-state index contributed by atoms with van der Waals surface area (Å²) in [7, 11) is 0. The van der Waals surface area contributed by atoms with Crippen LogP contribution in [-0.2, 0) is 25.5 Å². The number of unbranched alkanes of at least 4 members (excludes halogenated alkanes) is 1. The van der Waals surface area contributed by atoms with Gasteiger partial charge in [-0.25, -0.2) is 9.69 Å². The van der Waals surface area contributed by atoms with Gasteiger partial charge in [0.25, 0.3) is 0 Å². The van der Waals surface area contributed by atoms with Gasteiger partial charge < -0.3 is 14.6 Å². The van der Waals surface area contributed by atoms with Gasteiger partial charge in [-0.3, -0.25) is 9.59 Å². The lowest BCUT2D eigenvalue weighted by Gasteiger charge is -2.25. The van der Waals surface area contributed by atoms with Gasteiger partial charge in [0.2, 0.25) is 5.91 Å². The number of nitrogens with zero attached hydrogens (tertiary/aromatic N) is 1. The number of rotatable bonds is 9. The summed E-state index contributed by atoms with van der Waals surface area (Å²) < 4.78 is 10.3. The number of hydrogen-bond acceptors (Lipinski definition) is 6. The molecule has 0 unspecified atom stereocenters. The second-order valence-electron chi connectivity index (χ2n) is 8.87. The van der Waals surface area contributed by atoms with Crippen LogP contribution in [0.25, 0.3) is 0 Å². The highest BCUT2D eigenvalue weighted by atomic mass is 16.6. The first-order valence-corrected chi connectivity index (χ1v) is 10.5. The smallest absolute Gasteiger partial charge is 0.416 e. The number of esters is 1. The molecule has 1 aliphatic heterocycles. The van der Waals surface area contributed by atoms with E-state index in [-0.39, 0.29) is 25.2 Å². The number of benzene rings is 1. The Bertz CT molecular complexity index is 727. The Morgan fingerprint density at radius 2 is 1.90 bits per heavy atom. The summed E-state index contributed by atoms with van der Waals surface area (Å²) in [5.74, 6) is -1.42. The Morgan fingerprint density at radius 3 is 2.53 bits per heavy atom. The fourth-order valence-electron chi connectivity index (χ4n) is 3.24. The molecule has 3 atom stereocenters. The molecule has 2 amide bonds. The van der Waals surface area contributed by atoms with Crippen LogP contribution in [0.3, 0.4) is 0 Å². The summed E-state index contributed by atoms with van der Waals surface area (Å²) >= 11 is 0. The topological polar surface area (TPSA) is 93.1 Å². The zero-order valence-electron chi connectivity index (χ0n) is 18.3. The standard InChI is InChI=1S/C23H33NO6/c1-16(19(25)12-8-9-13-29-21(27)23(2,3)4)20(26)24-18(15-30-22(24)28)14-17-10-6-5-7-11-17/h5-7,10-11,16,18-19,25H,8-9,12-15H2,1-4H3/t16-,18-,19+/m0/s1. The highest BCUT2D eigenvalue weighted by Crippen LogP contribution is 2.23.